The number of aromatic nitrogens is 2. The van der Waals surface area contributed by atoms with Crippen molar-refractivity contribution >= 4 is 23.3 Å². The number of aryl methyl sites for hydroxylation is 2. The van der Waals surface area contributed by atoms with Gasteiger partial charge < -0.3 is 9.84 Å². The predicted octanol–water partition coefficient (Wildman–Crippen LogP) is 3.64. The second-order valence-electron chi connectivity index (χ2n) is 7.40. The van der Waals surface area contributed by atoms with Gasteiger partial charge in [-0.2, -0.15) is 4.98 Å². The Labute approximate surface area is 171 Å². The Bertz CT molecular complexity index is 1090. The predicted molar refractivity (Wildman–Crippen MR) is 107 cm³/mol. The van der Waals surface area contributed by atoms with E-state index < -0.39 is 11.6 Å². The number of imide groups is 1. The van der Waals surface area contributed by atoms with Gasteiger partial charge in [-0.15, -0.1) is 11.3 Å². The van der Waals surface area contributed by atoms with Gasteiger partial charge >= 0.3 is 6.03 Å². The fourth-order valence-electron chi connectivity index (χ4n) is 4.15. The van der Waals surface area contributed by atoms with Crippen LogP contribution in [0.25, 0.3) is 11.4 Å². The Kier molecular flexibility index (Phi) is 4.24. The third-order valence-corrected chi connectivity index (χ3v) is 6.70. The Morgan fingerprint density at radius 2 is 2.07 bits per heavy atom. The zero-order valence-corrected chi connectivity index (χ0v) is 16.8. The molecule has 1 saturated heterocycles. The molecule has 3 aromatic rings. The van der Waals surface area contributed by atoms with Gasteiger partial charge in [0.05, 0.1) is 0 Å². The van der Waals surface area contributed by atoms with Crippen molar-refractivity contribution in [3.05, 3.63) is 57.6 Å². The number of benzene rings is 1. The summed E-state index contributed by atoms with van der Waals surface area (Å²) >= 11 is 1.64. The van der Waals surface area contributed by atoms with Gasteiger partial charge in [0, 0.05) is 16.0 Å². The number of urea groups is 1. The molecule has 0 saturated carbocycles. The lowest BCUT2D eigenvalue weighted by atomic mass is 9.80. The molecule has 0 bridgehead atoms. The van der Waals surface area contributed by atoms with Crippen molar-refractivity contribution in [1.82, 2.24) is 20.4 Å². The standard InChI is InChI=1S/C21H20N4O3S/c1-2-13-5-7-14(8-6-13)18-22-17(28-24-18)12-25-19(26)21(23-20(25)27)10-3-4-16-15(21)9-11-29-16/h5-9,11H,2-4,10,12H2,1H3,(H,23,27)/t21-/m0/s1. The largest absolute Gasteiger partial charge is 0.337 e. The van der Waals surface area contributed by atoms with E-state index in [9.17, 15) is 9.59 Å². The summed E-state index contributed by atoms with van der Waals surface area (Å²) in [5.41, 5.74) is 2.03. The van der Waals surface area contributed by atoms with Crippen LogP contribution in [0.15, 0.2) is 40.2 Å². The second-order valence-corrected chi connectivity index (χ2v) is 8.40. The molecule has 1 spiro atoms. The van der Waals surface area contributed by atoms with Crippen LogP contribution < -0.4 is 5.32 Å². The van der Waals surface area contributed by atoms with Crippen molar-refractivity contribution in [3.8, 4) is 11.4 Å². The number of rotatable bonds is 4. The van der Waals surface area contributed by atoms with Crippen molar-refractivity contribution in [3.63, 3.8) is 0 Å². The maximum atomic E-state index is 13.3. The molecule has 1 atom stereocenters. The monoisotopic (exact) mass is 408 g/mol. The molecule has 0 unspecified atom stereocenters. The summed E-state index contributed by atoms with van der Waals surface area (Å²) in [5, 5.41) is 8.93. The first-order valence-electron chi connectivity index (χ1n) is 9.73. The van der Waals surface area contributed by atoms with E-state index in [1.54, 1.807) is 11.3 Å². The Morgan fingerprint density at radius 1 is 1.24 bits per heavy atom. The molecule has 0 radical (unpaired) electrons. The van der Waals surface area contributed by atoms with E-state index in [0.717, 1.165) is 30.4 Å². The van der Waals surface area contributed by atoms with E-state index in [4.69, 9.17) is 4.52 Å². The Morgan fingerprint density at radius 3 is 2.86 bits per heavy atom. The fraction of sp³-hybridized carbons (Fsp3) is 0.333. The van der Waals surface area contributed by atoms with Gasteiger partial charge in [0.1, 0.15) is 12.1 Å². The minimum Gasteiger partial charge on any atom is -0.337 e. The third kappa shape index (κ3) is 2.86. The van der Waals surface area contributed by atoms with Crippen LogP contribution in [0.4, 0.5) is 4.79 Å². The minimum atomic E-state index is -0.955. The lowest BCUT2D eigenvalue weighted by Gasteiger charge is -2.31. The molecule has 3 amide bonds. The number of nitrogens with one attached hydrogen (secondary N) is 1. The average Bonchev–Trinajstić information content (AvgIpc) is 3.45. The highest BCUT2D eigenvalue weighted by Crippen LogP contribution is 2.42. The number of thiophene rings is 1. The highest BCUT2D eigenvalue weighted by molar-refractivity contribution is 7.10. The molecule has 7 nitrogen and oxygen atoms in total. The lowest BCUT2D eigenvalue weighted by Crippen LogP contribution is -2.46. The van der Waals surface area contributed by atoms with Crippen molar-refractivity contribution in [2.45, 2.75) is 44.7 Å². The second kappa shape index (κ2) is 6.81. The van der Waals surface area contributed by atoms with E-state index in [2.05, 4.69) is 22.4 Å². The van der Waals surface area contributed by atoms with Gasteiger partial charge in [-0.3, -0.25) is 9.69 Å². The summed E-state index contributed by atoms with van der Waals surface area (Å²) in [6.07, 6.45) is 3.38. The van der Waals surface area contributed by atoms with Gasteiger partial charge in [-0.1, -0.05) is 36.3 Å². The van der Waals surface area contributed by atoms with Crippen molar-refractivity contribution in [2.24, 2.45) is 0 Å². The van der Waals surface area contributed by atoms with Crippen LogP contribution in [0, 0.1) is 0 Å². The zero-order valence-electron chi connectivity index (χ0n) is 16.0. The first-order valence-corrected chi connectivity index (χ1v) is 10.6. The maximum Gasteiger partial charge on any atom is 0.325 e. The first-order chi connectivity index (χ1) is 14.1. The van der Waals surface area contributed by atoms with Gasteiger partial charge in [-0.05, 0) is 42.7 Å². The number of fused-ring (bicyclic) bond motifs is 2. The molecule has 5 rings (SSSR count). The van der Waals surface area contributed by atoms with Crippen molar-refractivity contribution < 1.29 is 14.1 Å². The molecule has 1 aromatic carbocycles. The molecule has 3 heterocycles. The molecule has 1 fully saturated rings. The summed E-state index contributed by atoms with van der Waals surface area (Å²) in [5.74, 6) is 0.442. The SMILES string of the molecule is CCc1ccc(-c2noc(CN3C(=O)N[C@]4(CCCc5sccc54)C3=O)n2)cc1. The molecule has 29 heavy (non-hydrogen) atoms. The number of hydrogen-bond acceptors (Lipinski definition) is 6. The molecule has 1 aliphatic heterocycles. The van der Waals surface area contributed by atoms with Gasteiger partial charge in [0.15, 0.2) is 0 Å². The van der Waals surface area contributed by atoms with Crippen LogP contribution in [0.2, 0.25) is 0 Å². The molecule has 1 N–H and O–H groups in total. The van der Waals surface area contributed by atoms with Gasteiger partial charge in [0.2, 0.25) is 11.7 Å². The highest BCUT2D eigenvalue weighted by Gasteiger charge is 2.54. The number of carbonyl (C=O) groups is 2. The van der Waals surface area contributed by atoms with Crippen LogP contribution in [-0.4, -0.2) is 27.0 Å². The van der Waals surface area contributed by atoms with Crippen LogP contribution >= 0.6 is 11.3 Å². The fourth-order valence-corrected chi connectivity index (χ4v) is 5.15. The average molecular weight is 408 g/mol. The van der Waals surface area contributed by atoms with Crippen LogP contribution in [0.3, 0.4) is 0 Å². The van der Waals surface area contributed by atoms with Gasteiger partial charge in [-0.25, -0.2) is 4.79 Å². The van der Waals surface area contributed by atoms with E-state index in [1.165, 1.54) is 15.3 Å². The zero-order chi connectivity index (χ0) is 20.0. The quantitative estimate of drug-likeness (QED) is 0.666. The normalized spacial score (nSPS) is 20.9. The molecule has 2 aliphatic rings. The molecule has 2 aromatic heterocycles. The topological polar surface area (TPSA) is 88.3 Å². The molecular weight excluding hydrogens is 388 g/mol. The summed E-state index contributed by atoms with van der Waals surface area (Å²) in [7, 11) is 0. The summed E-state index contributed by atoms with van der Waals surface area (Å²) in [6.45, 7) is 2.06. The Hall–Kier alpha value is -3.00. The van der Waals surface area contributed by atoms with E-state index >= 15 is 0 Å². The van der Waals surface area contributed by atoms with E-state index in [1.807, 2.05) is 35.7 Å². The lowest BCUT2D eigenvalue weighted by molar-refractivity contribution is -0.132. The van der Waals surface area contributed by atoms with Crippen molar-refractivity contribution in [1.29, 1.82) is 0 Å². The number of hydrogen-bond donors (Lipinski definition) is 1. The van der Waals surface area contributed by atoms with Crippen LogP contribution in [-0.2, 0) is 29.7 Å². The van der Waals surface area contributed by atoms with Crippen LogP contribution in [0.5, 0.6) is 0 Å². The first kappa shape index (κ1) is 18.1. The minimum absolute atomic E-state index is 0.0358. The van der Waals surface area contributed by atoms with E-state index in [-0.39, 0.29) is 18.3 Å². The highest BCUT2D eigenvalue weighted by atomic mass is 32.1. The van der Waals surface area contributed by atoms with E-state index in [0.29, 0.717) is 12.2 Å². The van der Waals surface area contributed by atoms with Crippen molar-refractivity contribution in [2.75, 3.05) is 0 Å². The maximum absolute atomic E-state index is 13.3. The summed E-state index contributed by atoms with van der Waals surface area (Å²) < 4.78 is 5.33. The smallest absolute Gasteiger partial charge is 0.325 e. The molecule has 1 aliphatic carbocycles. The van der Waals surface area contributed by atoms with Crippen LogP contribution in [0.1, 0.15) is 41.7 Å². The molecule has 148 valence electrons. The summed E-state index contributed by atoms with van der Waals surface area (Å²) in [4.78, 5) is 32.7. The Balaban J connectivity index is 1.39. The number of carbonyl (C=O) groups excluding carboxylic acids is 2. The molecular formula is C21H20N4O3S. The molecule has 8 heteroatoms. The number of amides is 3. The number of nitrogens with zero attached hydrogens (tertiary/aromatic N) is 3. The van der Waals surface area contributed by atoms with Gasteiger partial charge in [0.25, 0.3) is 5.91 Å². The summed E-state index contributed by atoms with van der Waals surface area (Å²) in [6, 6.07) is 9.46. The third-order valence-electron chi connectivity index (χ3n) is 5.72.